The third-order valence-electron chi connectivity index (χ3n) is 1.43. The van der Waals surface area contributed by atoms with Crippen molar-refractivity contribution in [3.8, 4) is 6.07 Å². The molecule has 0 radical (unpaired) electrons. The van der Waals surface area contributed by atoms with E-state index in [1.807, 2.05) is 6.07 Å². The van der Waals surface area contributed by atoms with Crippen LogP contribution in [0.3, 0.4) is 0 Å². The van der Waals surface area contributed by atoms with Crippen LogP contribution in [-0.2, 0) is 0 Å². The summed E-state index contributed by atoms with van der Waals surface area (Å²) in [6, 6.07) is 8.59. The Bertz CT molecular complexity index is 352. The van der Waals surface area contributed by atoms with E-state index in [9.17, 15) is 0 Å². The lowest BCUT2D eigenvalue weighted by Crippen LogP contribution is -2.14. The summed E-state index contributed by atoms with van der Waals surface area (Å²) >= 11 is 0. The molecule has 0 aromatic heterocycles. The van der Waals surface area contributed by atoms with Gasteiger partial charge in [-0.3, -0.25) is 0 Å². The molecular formula is C8H7N3O. The molecule has 0 saturated heterocycles. The van der Waals surface area contributed by atoms with Crippen LogP contribution in [0.5, 0.6) is 0 Å². The van der Waals surface area contributed by atoms with Crippen molar-refractivity contribution in [2.24, 2.45) is 10.9 Å². The Morgan fingerprint density at radius 3 is 2.75 bits per heavy atom. The van der Waals surface area contributed by atoms with Gasteiger partial charge in [0.2, 0.25) is 0 Å². The fraction of sp³-hybridized carbons (Fsp3) is 0. The van der Waals surface area contributed by atoms with Crippen molar-refractivity contribution in [2.45, 2.75) is 0 Å². The molecular weight excluding hydrogens is 154 g/mol. The maximum atomic E-state index is 8.62. The Morgan fingerprint density at radius 1 is 1.50 bits per heavy atom. The highest BCUT2D eigenvalue weighted by atomic mass is 16.4. The lowest BCUT2D eigenvalue weighted by molar-refractivity contribution is 0.318. The second-order valence-corrected chi connectivity index (χ2v) is 2.14. The van der Waals surface area contributed by atoms with Crippen LogP contribution in [0.4, 0.5) is 0 Å². The van der Waals surface area contributed by atoms with E-state index < -0.39 is 0 Å². The first-order valence-electron chi connectivity index (χ1n) is 3.26. The van der Waals surface area contributed by atoms with Crippen molar-refractivity contribution < 1.29 is 5.21 Å². The molecule has 60 valence electrons. The number of rotatable bonds is 1. The Morgan fingerprint density at radius 2 is 2.17 bits per heavy atom. The fourth-order valence-corrected chi connectivity index (χ4v) is 0.858. The number of hydrogen-bond donors (Lipinski definition) is 2. The number of benzene rings is 1. The number of nitrogens with two attached hydrogens (primary N) is 1. The predicted molar refractivity (Wildman–Crippen MR) is 43.7 cm³/mol. The van der Waals surface area contributed by atoms with E-state index in [2.05, 4.69) is 5.16 Å². The summed E-state index contributed by atoms with van der Waals surface area (Å²) in [4.78, 5) is 0. The first kappa shape index (κ1) is 8.08. The minimum atomic E-state index is -0.0489. The highest BCUT2D eigenvalue weighted by molar-refractivity contribution is 5.99. The van der Waals surface area contributed by atoms with Gasteiger partial charge in [-0.1, -0.05) is 17.3 Å². The molecule has 0 saturated carbocycles. The van der Waals surface area contributed by atoms with Crippen LogP contribution in [0.1, 0.15) is 11.1 Å². The number of oxime groups is 1. The molecule has 3 N–H and O–H groups in total. The SMILES string of the molecule is N#Cc1ccccc1C(N)=NO. The molecule has 0 aliphatic rings. The molecule has 4 nitrogen and oxygen atoms in total. The number of nitriles is 1. The lowest BCUT2D eigenvalue weighted by Gasteiger charge is -1.98. The first-order valence-corrected chi connectivity index (χ1v) is 3.26. The maximum absolute atomic E-state index is 8.62. The van der Waals surface area contributed by atoms with Crippen LogP contribution in [0, 0.1) is 11.3 Å². The largest absolute Gasteiger partial charge is 0.409 e. The molecule has 1 rings (SSSR count). The predicted octanol–water partition coefficient (Wildman–Crippen LogP) is 0.653. The summed E-state index contributed by atoms with van der Waals surface area (Å²) in [6.45, 7) is 0. The molecule has 1 aromatic carbocycles. The Kier molecular flexibility index (Phi) is 2.29. The van der Waals surface area contributed by atoms with Gasteiger partial charge in [-0.25, -0.2) is 0 Å². The van der Waals surface area contributed by atoms with E-state index in [-0.39, 0.29) is 5.84 Å². The lowest BCUT2D eigenvalue weighted by atomic mass is 10.1. The molecule has 12 heavy (non-hydrogen) atoms. The zero-order chi connectivity index (χ0) is 8.97. The van der Waals surface area contributed by atoms with Gasteiger partial charge in [0, 0.05) is 5.56 Å². The summed E-state index contributed by atoms with van der Waals surface area (Å²) in [5.74, 6) is -0.0489. The number of nitrogens with zero attached hydrogens (tertiary/aromatic N) is 2. The van der Waals surface area contributed by atoms with Crippen LogP contribution < -0.4 is 5.73 Å². The topological polar surface area (TPSA) is 82.4 Å². The number of amidine groups is 1. The second kappa shape index (κ2) is 3.39. The molecule has 4 heteroatoms. The Hall–Kier alpha value is -2.02. The van der Waals surface area contributed by atoms with Gasteiger partial charge in [-0.2, -0.15) is 5.26 Å². The molecule has 1 aromatic rings. The zero-order valence-electron chi connectivity index (χ0n) is 6.23. The van der Waals surface area contributed by atoms with Gasteiger partial charge in [0.1, 0.15) is 0 Å². The van der Waals surface area contributed by atoms with Crippen LogP contribution in [-0.4, -0.2) is 11.0 Å². The average molecular weight is 161 g/mol. The molecule has 0 heterocycles. The minimum absolute atomic E-state index is 0.0489. The van der Waals surface area contributed by atoms with E-state index in [0.717, 1.165) is 0 Å². The quantitative estimate of drug-likeness (QED) is 0.274. The van der Waals surface area contributed by atoms with E-state index in [0.29, 0.717) is 11.1 Å². The van der Waals surface area contributed by atoms with E-state index in [1.54, 1.807) is 24.3 Å². The molecule has 0 spiro atoms. The molecule has 0 fully saturated rings. The highest BCUT2D eigenvalue weighted by Gasteiger charge is 2.03. The fourth-order valence-electron chi connectivity index (χ4n) is 0.858. The summed E-state index contributed by atoms with van der Waals surface area (Å²) in [5.41, 5.74) is 6.16. The summed E-state index contributed by atoms with van der Waals surface area (Å²) in [5, 5.41) is 19.8. The van der Waals surface area contributed by atoms with Gasteiger partial charge in [-0.15, -0.1) is 0 Å². The smallest absolute Gasteiger partial charge is 0.171 e. The van der Waals surface area contributed by atoms with Crippen LogP contribution >= 0.6 is 0 Å². The van der Waals surface area contributed by atoms with Crippen molar-refractivity contribution in [1.82, 2.24) is 0 Å². The minimum Gasteiger partial charge on any atom is -0.409 e. The second-order valence-electron chi connectivity index (χ2n) is 2.14. The van der Waals surface area contributed by atoms with E-state index >= 15 is 0 Å². The summed E-state index contributed by atoms with van der Waals surface area (Å²) < 4.78 is 0. The van der Waals surface area contributed by atoms with Gasteiger partial charge < -0.3 is 10.9 Å². The summed E-state index contributed by atoms with van der Waals surface area (Å²) in [6.07, 6.45) is 0. The average Bonchev–Trinajstić information content (AvgIpc) is 2.16. The molecule has 0 amide bonds. The van der Waals surface area contributed by atoms with Gasteiger partial charge >= 0.3 is 0 Å². The highest BCUT2D eigenvalue weighted by Crippen LogP contribution is 2.05. The maximum Gasteiger partial charge on any atom is 0.171 e. The molecule has 0 bridgehead atoms. The van der Waals surface area contributed by atoms with Gasteiger partial charge in [0.25, 0.3) is 0 Å². The van der Waals surface area contributed by atoms with Crippen LogP contribution in [0.25, 0.3) is 0 Å². The summed E-state index contributed by atoms with van der Waals surface area (Å²) in [7, 11) is 0. The molecule has 0 unspecified atom stereocenters. The van der Waals surface area contributed by atoms with Crippen molar-refractivity contribution in [1.29, 1.82) is 5.26 Å². The van der Waals surface area contributed by atoms with Gasteiger partial charge in [0.05, 0.1) is 11.6 Å². The van der Waals surface area contributed by atoms with E-state index in [1.165, 1.54) is 0 Å². The molecule has 0 atom stereocenters. The van der Waals surface area contributed by atoms with Crippen LogP contribution in [0.2, 0.25) is 0 Å². The third-order valence-corrected chi connectivity index (χ3v) is 1.43. The normalized spacial score (nSPS) is 10.8. The Labute approximate surface area is 69.5 Å². The van der Waals surface area contributed by atoms with Crippen molar-refractivity contribution in [2.75, 3.05) is 0 Å². The monoisotopic (exact) mass is 161 g/mol. The van der Waals surface area contributed by atoms with Gasteiger partial charge in [-0.05, 0) is 12.1 Å². The molecule has 0 aliphatic carbocycles. The van der Waals surface area contributed by atoms with Gasteiger partial charge in [0.15, 0.2) is 5.84 Å². The number of hydrogen-bond acceptors (Lipinski definition) is 3. The van der Waals surface area contributed by atoms with Crippen molar-refractivity contribution in [3.63, 3.8) is 0 Å². The van der Waals surface area contributed by atoms with E-state index in [4.69, 9.17) is 16.2 Å². The standard InChI is InChI=1S/C8H7N3O/c9-5-6-3-1-2-4-7(6)8(10)11-12/h1-4,12H,(H2,10,11). The van der Waals surface area contributed by atoms with Crippen molar-refractivity contribution >= 4 is 5.84 Å². The third kappa shape index (κ3) is 1.35. The first-order chi connectivity index (χ1) is 5.79. The van der Waals surface area contributed by atoms with Crippen molar-refractivity contribution in [3.05, 3.63) is 35.4 Å². The molecule has 0 aliphatic heterocycles. The zero-order valence-corrected chi connectivity index (χ0v) is 6.23. The Balaban J connectivity index is 3.25. The van der Waals surface area contributed by atoms with Crippen LogP contribution in [0.15, 0.2) is 29.4 Å².